The summed E-state index contributed by atoms with van der Waals surface area (Å²) in [4.78, 5) is 0. The van der Waals surface area contributed by atoms with E-state index < -0.39 is 0 Å². The van der Waals surface area contributed by atoms with Gasteiger partial charge < -0.3 is 0 Å². The van der Waals surface area contributed by atoms with Crippen LogP contribution in [-0.2, 0) is 0 Å². The second-order valence-electron chi connectivity index (χ2n) is 4.69. The lowest BCUT2D eigenvalue weighted by atomic mass is 10.1. The standard InChI is InChI=1S/2C10H8.7C2H6/c2*1-2-6-10-8-4-3-7-9(10)5-1;7*1-2/h2*1-8H;7*1-2H3. The Labute approximate surface area is 215 Å². The van der Waals surface area contributed by atoms with E-state index in [0.717, 1.165) is 0 Å². The van der Waals surface area contributed by atoms with Crippen LogP contribution in [0, 0.1) is 0 Å². The fraction of sp³-hybridized carbons (Fsp3) is 0.412. The van der Waals surface area contributed by atoms with Crippen LogP contribution in [0.1, 0.15) is 96.9 Å². The molecule has 0 aliphatic heterocycles. The van der Waals surface area contributed by atoms with Crippen LogP contribution in [0.3, 0.4) is 0 Å². The molecule has 0 fully saturated rings. The van der Waals surface area contributed by atoms with Gasteiger partial charge in [-0.2, -0.15) is 0 Å². The molecule has 194 valence electrons. The number of hydrogen-bond acceptors (Lipinski definition) is 0. The molecule has 0 spiro atoms. The van der Waals surface area contributed by atoms with E-state index in [0.29, 0.717) is 0 Å². The van der Waals surface area contributed by atoms with Crippen LogP contribution in [0.15, 0.2) is 97.1 Å². The molecule has 0 heteroatoms. The summed E-state index contributed by atoms with van der Waals surface area (Å²) < 4.78 is 0. The minimum absolute atomic E-state index is 1.31. The number of benzene rings is 4. The molecule has 0 radical (unpaired) electrons. The topological polar surface area (TPSA) is 0 Å². The van der Waals surface area contributed by atoms with Gasteiger partial charge in [-0.15, -0.1) is 0 Å². The van der Waals surface area contributed by atoms with Gasteiger partial charge in [0.15, 0.2) is 0 Å². The lowest BCUT2D eigenvalue weighted by molar-refractivity contribution is 1.50. The maximum Gasteiger partial charge on any atom is -0.0184 e. The van der Waals surface area contributed by atoms with Crippen LogP contribution in [-0.4, -0.2) is 0 Å². The van der Waals surface area contributed by atoms with Crippen molar-refractivity contribution in [2.24, 2.45) is 0 Å². The van der Waals surface area contributed by atoms with E-state index in [2.05, 4.69) is 97.1 Å². The summed E-state index contributed by atoms with van der Waals surface area (Å²) in [5, 5.41) is 5.24. The molecule has 0 bridgehead atoms. The van der Waals surface area contributed by atoms with E-state index in [1.54, 1.807) is 0 Å². The third-order valence-electron chi connectivity index (χ3n) is 3.32. The Hall–Kier alpha value is -2.60. The lowest BCUT2D eigenvalue weighted by Gasteiger charge is -1.92. The fourth-order valence-corrected chi connectivity index (χ4v) is 2.27. The Morgan fingerprint density at radius 2 is 0.294 bits per heavy atom. The van der Waals surface area contributed by atoms with Gasteiger partial charge in [-0.25, -0.2) is 0 Å². The van der Waals surface area contributed by atoms with E-state index in [-0.39, 0.29) is 0 Å². The van der Waals surface area contributed by atoms with Gasteiger partial charge in [0, 0.05) is 0 Å². The van der Waals surface area contributed by atoms with Gasteiger partial charge in [-0.05, 0) is 21.5 Å². The molecule has 0 unspecified atom stereocenters. The highest BCUT2D eigenvalue weighted by atomic mass is 13.9. The minimum atomic E-state index is 1.31. The van der Waals surface area contributed by atoms with Crippen LogP contribution >= 0.6 is 0 Å². The van der Waals surface area contributed by atoms with Crippen molar-refractivity contribution in [3.05, 3.63) is 97.1 Å². The molecule has 4 rings (SSSR count). The zero-order valence-corrected chi connectivity index (χ0v) is 25.2. The molecule has 0 saturated carbocycles. The van der Waals surface area contributed by atoms with Gasteiger partial charge in [-0.1, -0.05) is 194 Å². The quantitative estimate of drug-likeness (QED) is 0.242. The highest BCUT2D eigenvalue weighted by molar-refractivity contribution is 5.82. The molecule has 4 aromatic carbocycles. The lowest BCUT2D eigenvalue weighted by Crippen LogP contribution is -1.67. The summed E-state index contributed by atoms with van der Waals surface area (Å²) in [6.45, 7) is 28.0. The van der Waals surface area contributed by atoms with Gasteiger partial charge in [0.25, 0.3) is 0 Å². The molecule has 0 saturated heterocycles. The van der Waals surface area contributed by atoms with Gasteiger partial charge >= 0.3 is 0 Å². The van der Waals surface area contributed by atoms with E-state index in [9.17, 15) is 0 Å². The van der Waals surface area contributed by atoms with E-state index in [1.807, 2.05) is 96.9 Å². The second-order valence-corrected chi connectivity index (χ2v) is 4.69. The predicted octanol–water partition coefficient (Wildman–Crippen LogP) is 12.9. The molecule has 0 nitrogen and oxygen atoms in total. The Morgan fingerprint density at radius 3 is 0.382 bits per heavy atom. The van der Waals surface area contributed by atoms with E-state index >= 15 is 0 Å². The highest BCUT2D eigenvalue weighted by Gasteiger charge is 1.86. The van der Waals surface area contributed by atoms with Gasteiger partial charge in [0.1, 0.15) is 0 Å². The maximum absolute atomic E-state index is 2.12. The molecule has 0 aliphatic carbocycles. The number of fused-ring (bicyclic) bond motifs is 2. The van der Waals surface area contributed by atoms with Crippen molar-refractivity contribution in [1.82, 2.24) is 0 Å². The van der Waals surface area contributed by atoms with Crippen molar-refractivity contribution in [2.75, 3.05) is 0 Å². The van der Waals surface area contributed by atoms with E-state index in [4.69, 9.17) is 0 Å². The Morgan fingerprint density at radius 1 is 0.206 bits per heavy atom. The first-order valence-electron chi connectivity index (χ1n) is 13.8. The number of hydrogen-bond donors (Lipinski definition) is 0. The number of rotatable bonds is 0. The summed E-state index contributed by atoms with van der Waals surface area (Å²) in [6, 6.07) is 33.4. The monoisotopic (exact) mass is 466 g/mol. The van der Waals surface area contributed by atoms with Crippen LogP contribution in [0.25, 0.3) is 21.5 Å². The third kappa shape index (κ3) is 21.3. The van der Waals surface area contributed by atoms with Crippen molar-refractivity contribution in [3.8, 4) is 0 Å². The van der Waals surface area contributed by atoms with Gasteiger partial charge in [0.2, 0.25) is 0 Å². The van der Waals surface area contributed by atoms with E-state index in [1.165, 1.54) is 21.5 Å². The van der Waals surface area contributed by atoms with Crippen molar-refractivity contribution in [1.29, 1.82) is 0 Å². The highest BCUT2D eigenvalue weighted by Crippen LogP contribution is 2.12. The first-order valence-corrected chi connectivity index (χ1v) is 13.8. The van der Waals surface area contributed by atoms with Crippen molar-refractivity contribution < 1.29 is 0 Å². The summed E-state index contributed by atoms with van der Waals surface area (Å²) in [6.07, 6.45) is 0. The summed E-state index contributed by atoms with van der Waals surface area (Å²) >= 11 is 0. The molecule has 34 heavy (non-hydrogen) atoms. The van der Waals surface area contributed by atoms with Crippen LogP contribution in [0.4, 0.5) is 0 Å². The van der Waals surface area contributed by atoms with Crippen molar-refractivity contribution in [3.63, 3.8) is 0 Å². The average Bonchev–Trinajstić information content (AvgIpc) is 3.01. The zero-order valence-electron chi connectivity index (χ0n) is 25.2. The maximum atomic E-state index is 2.12. The summed E-state index contributed by atoms with van der Waals surface area (Å²) in [5.74, 6) is 0. The predicted molar refractivity (Wildman–Crippen MR) is 167 cm³/mol. The van der Waals surface area contributed by atoms with Crippen LogP contribution < -0.4 is 0 Å². The van der Waals surface area contributed by atoms with Gasteiger partial charge in [0.05, 0.1) is 0 Å². The first kappa shape index (κ1) is 41.6. The molecule has 0 aromatic heterocycles. The summed E-state index contributed by atoms with van der Waals surface area (Å²) in [5.41, 5.74) is 0. The molecular formula is C34H58. The van der Waals surface area contributed by atoms with Crippen molar-refractivity contribution >= 4 is 21.5 Å². The molecule has 0 amide bonds. The minimum Gasteiger partial charge on any atom is -0.0683 e. The zero-order chi connectivity index (χ0) is 27.6. The summed E-state index contributed by atoms with van der Waals surface area (Å²) in [7, 11) is 0. The molecular weight excluding hydrogens is 408 g/mol. The average molecular weight is 467 g/mol. The Kier molecular flexibility index (Phi) is 49.9. The first-order chi connectivity index (χ1) is 16.9. The van der Waals surface area contributed by atoms with Gasteiger partial charge in [-0.3, -0.25) is 0 Å². The largest absolute Gasteiger partial charge is 0.0683 e. The third-order valence-corrected chi connectivity index (χ3v) is 3.32. The second kappa shape index (κ2) is 40.7. The molecule has 0 atom stereocenters. The smallest absolute Gasteiger partial charge is 0.0184 e. The molecule has 4 aromatic rings. The van der Waals surface area contributed by atoms with Crippen LogP contribution in [0.2, 0.25) is 0 Å². The Bertz CT molecular complexity index is 613. The molecule has 0 aliphatic rings. The molecule has 0 N–H and O–H groups in total. The van der Waals surface area contributed by atoms with Crippen LogP contribution in [0.5, 0.6) is 0 Å². The SMILES string of the molecule is CC.CC.CC.CC.CC.CC.CC.c1ccc2ccccc2c1.c1ccc2ccccc2c1. The van der Waals surface area contributed by atoms with Crippen molar-refractivity contribution in [2.45, 2.75) is 96.9 Å². The normalized spacial score (nSPS) is 7.12. The fourth-order valence-electron chi connectivity index (χ4n) is 2.27. The Balaban J connectivity index is -0.000000110. The molecule has 0 heterocycles.